The van der Waals surface area contributed by atoms with Crippen molar-refractivity contribution in [3.63, 3.8) is 0 Å². The smallest absolute Gasteiger partial charge is 0.0985 e. The summed E-state index contributed by atoms with van der Waals surface area (Å²) in [5.41, 5.74) is 10.7. The van der Waals surface area contributed by atoms with Gasteiger partial charge >= 0.3 is 0 Å². The second-order valence-electron chi connectivity index (χ2n) is 2.75. The summed E-state index contributed by atoms with van der Waals surface area (Å²) in [5.74, 6) is 0. The monoisotopic (exact) mass is 151 g/mol. The summed E-state index contributed by atoms with van der Waals surface area (Å²) >= 11 is 0. The molecule has 11 heavy (non-hydrogen) atoms. The lowest BCUT2D eigenvalue weighted by Gasteiger charge is -2.14. The van der Waals surface area contributed by atoms with Crippen molar-refractivity contribution in [2.75, 3.05) is 0 Å². The van der Waals surface area contributed by atoms with Crippen LogP contribution < -0.4 is 11.5 Å². The Hall–Kier alpha value is -1.11. The number of rotatable bonds is 3. The minimum atomic E-state index is -0.702. The molecule has 0 rings (SSSR count). The second-order valence-corrected chi connectivity index (χ2v) is 2.75. The number of nitriles is 1. The second kappa shape index (κ2) is 3.91. The first kappa shape index (κ1) is 9.89. The number of nitrogens with zero attached hydrogens (tertiary/aromatic N) is 1. The van der Waals surface area contributed by atoms with Crippen LogP contribution in [0.25, 0.3) is 0 Å². The molecule has 0 aliphatic heterocycles. The molecule has 0 bridgehead atoms. The zero-order valence-corrected chi connectivity index (χ0v) is 6.67. The first-order valence-corrected chi connectivity index (χ1v) is 3.29. The molecule has 0 aliphatic carbocycles. The molecule has 0 aromatic heterocycles. The predicted molar refractivity (Wildman–Crippen MR) is 45.3 cm³/mol. The van der Waals surface area contributed by atoms with Gasteiger partial charge in [-0.1, -0.05) is 12.7 Å². The van der Waals surface area contributed by atoms with Crippen molar-refractivity contribution in [1.29, 1.82) is 5.26 Å². The molecule has 0 saturated heterocycles. The highest BCUT2D eigenvalue weighted by molar-refractivity contribution is 5.29. The van der Waals surface area contributed by atoms with Gasteiger partial charge in [0.1, 0.15) is 0 Å². The van der Waals surface area contributed by atoms with Crippen LogP contribution in [0.2, 0.25) is 0 Å². The topological polar surface area (TPSA) is 75.8 Å². The van der Waals surface area contributed by atoms with Crippen molar-refractivity contribution in [3.8, 4) is 6.07 Å². The van der Waals surface area contributed by atoms with Crippen molar-refractivity contribution in [2.45, 2.75) is 19.0 Å². The molecule has 0 heterocycles. The quantitative estimate of drug-likeness (QED) is 0.353. The number of nitrogens with two attached hydrogens (primary N) is 2. The standard InChI is InChI=1S/C8H13N3/c1-7(6-9)4-3-5-8(2,10)11/h3-4H,1,5,10-11H2,2H3/b4-3-. The molecular weight excluding hydrogens is 138 g/mol. The summed E-state index contributed by atoms with van der Waals surface area (Å²) in [5, 5.41) is 8.30. The van der Waals surface area contributed by atoms with Gasteiger partial charge in [0.25, 0.3) is 0 Å². The molecule has 0 spiro atoms. The van der Waals surface area contributed by atoms with Crippen LogP contribution in [-0.2, 0) is 0 Å². The molecule has 3 nitrogen and oxygen atoms in total. The summed E-state index contributed by atoms with van der Waals surface area (Å²) in [7, 11) is 0. The summed E-state index contributed by atoms with van der Waals surface area (Å²) in [6.45, 7) is 5.18. The van der Waals surface area contributed by atoms with Gasteiger partial charge in [0.2, 0.25) is 0 Å². The first-order chi connectivity index (χ1) is 4.95. The summed E-state index contributed by atoms with van der Waals surface area (Å²) < 4.78 is 0. The Bertz CT molecular complexity index is 202. The number of hydrogen-bond acceptors (Lipinski definition) is 3. The molecule has 0 aromatic rings. The number of hydrogen-bond donors (Lipinski definition) is 2. The molecule has 0 saturated carbocycles. The van der Waals surface area contributed by atoms with Crippen LogP contribution in [0.5, 0.6) is 0 Å². The van der Waals surface area contributed by atoms with Crippen molar-refractivity contribution in [3.05, 3.63) is 24.3 Å². The lowest BCUT2D eigenvalue weighted by molar-refractivity contribution is 0.497. The molecule has 0 aromatic carbocycles. The van der Waals surface area contributed by atoms with E-state index in [9.17, 15) is 0 Å². The predicted octanol–water partition coefficient (Wildman–Crippen LogP) is 0.646. The zero-order chi connectivity index (χ0) is 8.91. The van der Waals surface area contributed by atoms with E-state index in [1.54, 1.807) is 19.1 Å². The molecule has 60 valence electrons. The van der Waals surface area contributed by atoms with Gasteiger partial charge in [0.05, 0.1) is 11.7 Å². The van der Waals surface area contributed by atoms with Gasteiger partial charge in [-0.25, -0.2) is 0 Å². The summed E-state index contributed by atoms with van der Waals surface area (Å²) in [6.07, 6.45) is 3.89. The Labute approximate surface area is 67.0 Å². The molecule has 3 heteroatoms. The average Bonchev–Trinajstić information content (AvgIpc) is 1.85. The van der Waals surface area contributed by atoms with E-state index < -0.39 is 5.66 Å². The van der Waals surface area contributed by atoms with Gasteiger partial charge in [0.15, 0.2) is 0 Å². The van der Waals surface area contributed by atoms with E-state index >= 15 is 0 Å². The van der Waals surface area contributed by atoms with Gasteiger partial charge in [-0.3, -0.25) is 0 Å². The fraction of sp³-hybridized carbons (Fsp3) is 0.375. The third-order valence-electron chi connectivity index (χ3n) is 1.02. The minimum Gasteiger partial charge on any atom is -0.313 e. The molecule has 0 aliphatic rings. The van der Waals surface area contributed by atoms with Crippen LogP contribution in [-0.4, -0.2) is 5.66 Å². The molecule has 0 unspecified atom stereocenters. The van der Waals surface area contributed by atoms with Gasteiger partial charge in [-0.05, 0) is 19.4 Å². The van der Waals surface area contributed by atoms with Crippen LogP contribution in [0, 0.1) is 11.3 Å². The Kier molecular flexibility index (Phi) is 3.52. The van der Waals surface area contributed by atoms with Crippen LogP contribution in [0.4, 0.5) is 0 Å². The Morgan fingerprint density at radius 2 is 2.27 bits per heavy atom. The maximum absolute atomic E-state index is 8.30. The summed E-state index contributed by atoms with van der Waals surface area (Å²) in [4.78, 5) is 0. The molecule has 0 amide bonds. The average molecular weight is 151 g/mol. The fourth-order valence-electron chi connectivity index (χ4n) is 0.492. The highest BCUT2D eigenvalue weighted by Crippen LogP contribution is 1.99. The Balaban J connectivity index is 3.82. The van der Waals surface area contributed by atoms with Gasteiger partial charge < -0.3 is 11.5 Å². The maximum Gasteiger partial charge on any atom is 0.0985 e. The molecule has 0 fully saturated rings. The Morgan fingerprint density at radius 3 is 2.64 bits per heavy atom. The van der Waals surface area contributed by atoms with Gasteiger partial charge in [-0.15, -0.1) is 0 Å². The zero-order valence-electron chi connectivity index (χ0n) is 6.67. The Morgan fingerprint density at radius 1 is 1.73 bits per heavy atom. The van der Waals surface area contributed by atoms with E-state index in [0.29, 0.717) is 12.0 Å². The largest absolute Gasteiger partial charge is 0.313 e. The minimum absolute atomic E-state index is 0.411. The third-order valence-corrected chi connectivity index (χ3v) is 1.02. The molecule has 4 N–H and O–H groups in total. The van der Waals surface area contributed by atoms with Crippen molar-refractivity contribution in [2.24, 2.45) is 11.5 Å². The third kappa shape index (κ3) is 6.78. The van der Waals surface area contributed by atoms with Gasteiger partial charge in [0, 0.05) is 5.57 Å². The SMILES string of the molecule is C=C(C#N)/C=C\CC(C)(N)N. The highest BCUT2D eigenvalue weighted by atomic mass is 14.9. The lowest BCUT2D eigenvalue weighted by Crippen LogP contribution is -2.45. The molecular formula is C8H13N3. The van der Waals surface area contributed by atoms with Crippen LogP contribution in [0.1, 0.15) is 13.3 Å². The lowest BCUT2D eigenvalue weighted by atomic mass is 10.1. The van der Waals surface area contributed by atoms with E-state index in [0.717, 1.165) is 0 Å². The van der Waals surface area contributed by atoms with Crippen LogP contribution in [0.15, 0.2) is 24.3 Å². The maximum atomic E-state index is 8.30. The van der Waals surface area contributed by atoms with E-state index in [2.05, 4.69) is 6.58 Å². The molecule has 0 atom stereocenters. The van der Waals surface area contributed by atoms with Gasteiger partial charge in [-0.2, -0.15) is 5.26 Å². The first-order valence-electron chi connectivity index (χ1n) is 3.29. The van der Waals surface area contributed by atoms with E-state index in [-0.39, 0.29) is 0 Å². The van der Waals surface area contributed by atoms with Crippen LogP contribution in [0.3, 0.4) is 0 Å². The molecule has 0 radical (unpaired) electrons. The highest BCUT2D eigenvalue weighted by Gasteiger charge is 2.06. The van der Waals surface area contributed by atoms with Crippen molar-refractivity contribution >= 4 is 0 Å². The normalized spacial score (nSPS) is 11.5. The fourth-order valence-corrected chi connectivity index (χ4v) is 0.492. The van der Waals surface area contributed by atoms with Crippen molar-refractivity contribution < 1.29 is 0 Å². The summed E-state index contributed by atoms with van der Waals surface area (Å²) in [6, 6.07) is 1.89. The van der Waals surface area contributed by atoms with E-state index in [1.807, 2.05) is 6.07 Å². The number of allylic oxidation sites excluding steroid dienone is 2. The van der Waals surface area contributed by atoms with E-state index in [1.165, 1.54) is 0 Å². The van der Waals surface area contributed by atoms with Crippen molar-refractivity contribution in [1.82, 2.24) is 0 Å². The van der Waals surface area contributed by atoms with Crippen LogP contribution >= 0.6 is 0 Å². The van der Waals surface area contributed by atoms with E-state index in [4.69, 9.17) is 16.7 Å².